The molecule has 0 aliphatic heterocycles. The van der Waals surface area contributed by atoms with E-state index in [2.05, 4.69) is 37.2 Å². The van der Waals surface area contributed by atoms with Crippen LogP contribution in [-0.2, 0) is 13.2 Å². The first-order valence-electron chi connectivity index (χ1n) is 8.98. The standard InChI is InChI=1S/C22H19Br2Cl2NO2/c1-2-28-21-11-14(12-27-16-8-6-15(23)7-9-16)10-18(24)22(21)29-13-17-19(25)4-3-5-20(17)26/h3-11,27H,2,12-13H2,1H3. The molecular weight excluding hydrogens is 541 g/mol. The molecule has 152 valence electrons. The topological polar surface area (TPSA) is 30.5 Å². The average molecular weight is 560 g/mol. The van der Waals surface area contributed by atoms with E-state index in [9.17, 15) is 0 Å². The number of benzene rings is 3. The maximum Gasteiger partial charge on any atom is 0.175 e. The van der Waals surface area contributed by atoms with Crippen molar-refractivity contribution in [1.29, 1.82) is 0 Å². The van der Waals surface area contributed by atoms with Crippen LogP contribution < -0.4 is 14.8 Å². The molecule has 29 heavy (non-hydrogen) atoms. The van der Waals surface area contributed by atoms with Gasteiger partial charge in [0, 0.05) is 32.3 Å². The lowest BCUT2D eigenvalue weighted by Gasteiger charge is -2.17. The summed E-state index contributed by atoms with van der Waals surface area (Å²) in [6.45, 7) is 3.36. The fraction of sp³-hybridized carbons (Fsp3) is 0.182. The lowest BCUT2D eigenvalue weighted by Crippen LogP contribution is -2.04. The summed E-state index contributed by atoms with van der Waals surface area (Å²) in [5.41, 5.74) is 2.84. The van der Waals surface area contributed by atoms with Gasteiger partial charge in [-0.2, -0.15) is 0 Å². The van der Waals surface area contributed by atoms with Gasteiger partial charge in [-0.3, -0.25) is 0 Å². The first-order valence-corrected chi connectivity index (χ1v) is 11.3. The molecule has 3 nitrogen and oxygen atoms in total. The van der Waals surface area contributed by atoms with Crippen LogP contribution in [0.3, 0.4) is 0 Å². The molecule has 3 aromatic rings. The Labute approximate surface area is 197 Å². The molecule has 0 amide bonds. The SMILES string of the molecule is CCOc1cc(CNc2ccc(Br)cc2)cc(Br)c1OCc1c(Cl)cccc1Cl. The third-order valence-electron chi connectivity index (χ3n) is 4.13. The molecule has 7 heteroatoms. The summed E-state index contributed by atoms with van der Waals surface area (Å²) in [6, 6.07) is 17.4. The van der Waals surface area contributed by atoms with Crippen molar-refractivity contribution in [3.63, 3.8) is 0 Å². The van der Waals surface area contributed by atoms with Crippen LogP contribution in [0.2, 0.25) is 10.0 Å². The molecule has 0 heterocycles. The van der Waals surface area contributed by atoms with Crippen LogP contribution in [0.4, 0.5) is 5.69 Å². The lowest BCUT2D eigenvalue weighted by molar-refractivity contribution is 0.267. The zero-order valence-corrected chi connectivity index (χ0v) is 20.3. The monoisotopic (exact) mass is 557 g/mol. The van der Waals surface area contributed by atoms with Gasteiger partial charge in [-0.05, 0) is 76.9 Å². The Kier molecular flexibility index (Phi) is 8.13. The smallest absolute Gasteiger partial charge is 0.175 e. The first kappa shape index (κ1) is 22.3. The number of hydrogen-bond acceptors (Lipinski definition) is 3. The van der Waals surface area contributed by atoms with Crippen LogP contribution in [0.15, 0.2) is 63.5 Å². The van der Waals surface area contributed by atoms with Gasteiger partial charge in [0.2, 0.25) is 0 Å². The van der Waals surface area contributed by atoms with Crippen molar-refractivity contribution in [1.82, 2.24) is 0 Å². The number of nitrogens with one attached hydrogen (secondary N) is 1. The molecule has 0 saturated heterocycles. The van der Waals surface area contributed by atoms with Gasteiger partial charge in [-0.15, -0.1) is 0 Å². The Hall–Kier alpha value is -1.40. The quantitative estimate of drug-likeness (QED) is 0.302. The largest absolute Gasteiger partial charge is 0.490 e. The summed E-state index contributed by atoms with van der Waals surface area (Å²) >= 11 is 19.6. The Morgan fingerprint density at radius 2 is 1.62 bits per heavy atom. The minimum Gasteiger partial charge on any atom is -0.490 e. The van der Waals surface area contributed by atoms with Gasteiger partial charge in [-0.1, -0.05) is 45.2 Å². The maximum atomic E-state index is 6.25. The minimum atomic E-state index is 0.244. The van der Waals surface area contributed by atoms with Gasteiger partial charge in [-0.25, -0.2) is 0 Å². The molecule has 3 rings (SSSR count). The van der Waals surface area contributed by atoms with E-state index in [1.807, 2.05) is 49.4 Å². The molecule has 0 saturated carbocycles. The van der Waals surface area contributed by atoms with Crippen molar-refractivity contribution in [3.05, 3.63) is 84.7 Å². The second-order valence-electron chi connectivity index (χ2n) is 6.19. The van der Waals surface area contributed by atoms with Gasteiger partial charge in [0.1, 0.15) is 6.61 Å². The van der Waals surface area contributed by atoms with Crippen LogP contribution in [0.5, 0.6) is 11.5 Å². The molecule has 0 spiro atoms. The number of anilines is 1. The summed E-state index contributed by atoms with van der Waals surface area (Å²) in [6.07, 6.45) is 0. The van der Waals surface area contributed by atoms with Gasteiger partial charge in [0.25, 0.3) is 0 Å². The predicted octanol–water partition coefficient (Wildman–Crippen LogP) is 8.11. The van der Waals surface area contributed by atoms with Crippen LogP contribution in [0, 0.1) is 0 Å². The summed E-state index contributed by atoms with van der Waals surface area (Å²) in [4.78, 5) is 0. The summed E-state index contributed by atoms with van der Waals surface area (Å²) in [7, 11) is 0. The Bertz CT molecular complexity index is 961. The van der Waals surface area contributed by atoms with Gasteiger partial charge in [0.05, 0.1) is 11.1 Å². The molecule has 0 aromatic heterocycles. The highest BCUT2D eigenvalue weighted by molar-refractivity contribution is 9.10. The zero-order chi connectivity index (χ0) is 20.8. The fourth-order valence-electron chi connectivity index (χ4n) is 2.71. The van der Waals surface area contributed by atoms with E-state index < -0.39 is 0 Å². The molecule has 1 N–H and O–H groups in total. The number of hydrogen-bond donors (Lipinski definition) is 1. The average Bonchev–Trinajstić information content (AvgIpc) is 2.69. The van der Waals surface area contributed by atoms with Crippen molar-refractivity contribution in [2.75, 3.05) is 11.9 Å². The zero-order valence-electron chi connectivity index (χ0n) is 15.6. The van der Waals surface area contributed by atoms with Crippen LogP contribution in [0.25, 0.3) is 0 Å². The van der Waals surface area contributed by atoms with Crippen molar-refractivity contribution >= 4 is 60.7 Å². The second kappa shape index (κ2) is 10.6. The van der Waals surface area contributed by atoms with Crippen LogP contribution in [0.1, 0.15) is 18.1 Å². The molecule has 0 fully saturated rings. The minimum absolute atomic E-state index is 0.244. The van der Waals surface area contributed by atoms with E-state index in [0.717, 1.165) is 25.8 Å². The van der Waals surface area contributed by atoms with E-state index in [1.165, 1.54) is 0 Å². The van der Waals surface area contributed by atoms with Gasteiger partial charge >= 0.3 is 0 Å². The third-order valence-corrected chi connectivity index (χ3v) is 5.96. The Balaban J connectivity index is 1.77. The van der Waals surface area contributed by atoms with E-state index in [0.29, 0.717) is 34.7 Å². The Morgan fingerprint density at radius 1 is 0.931 bits per heavy atom. The van der Waals surface area contributed by atoms with Crippen LogP contribution >= 0.6 is 55.1 Å². The molecule has 0 unspecified atom stereocenters. The third kappa shape index (κ3) is 6.05. The molecular formula is C22H19Br2Cl2NO2. The van der Waals surface area contributed by atoms with E-state index in [4.69, 9.17) is 32.7 Å². The highest BCUT2D eigenvalue weighted by Gasteiger charge is 2.14. The summed E-state index contributed by atoms with van der Waals surface area (Å²) in [5.74, 6) is 1.29. The maximum absolute atomic E-state index is 6.25. The molecule has 3 aromatic carbocycles. The number of halogens is 4. The van der Waals surface area contributed by atoms with Gasteiger partial charge in [0.15, 0.2) is 11.5 Å². The number of ether oxygens (including phenoxy) is 2. The Morgan fingerprint density at radius 3 is 2.28 bits per heavy atom. The van der Waals surface area contributed by atoms with Crippen LogP contribution in [-0.4, -0.2) is 6.61 Å². The molecule has 0 radical (unpaired) electrons. The van der Waals surface area contributed by atoms with Crippen molar-refractivity contribution in [2.45, 2.75) is 20.1 Å². The molecule has 0 bridgehead atoms. The van der Waals surface area contributed by atoms with Crippen molar-refractivity contribution in [3.8, 4) is 11.5 Å². The molecule has 0 aliphatic rings. The second-order valence-corrected chi connectivity index (χ2v) is 8.77. The van der Waals surface area contributed by atoms with E-state index >= 15 is 0 Å². The van der Waals surface area contributed by atoms with E-state index in [1.54, 1.807) is 12.1 Å². The predicted molar refractivity (Wildman–Crippen MR) is 128 cm³/mol. The lowest BCUT2D eigenvalue weighted by atomic mass is 10.2. The molecule has 0 aliphatic carbocycles. The van der Waals surface area contributed by atoms with Crippen molar-refractivity contribution < 1.29 is 9.47 Å². The molecule has 0 atom stereocenters. The summed E-state index contributed by atoms with van der Waals surface area (Å²) < 4.78 is 13.7. The first-order chi connectivity index (χ1) is 14.0. The summed E-state index contributed by atoms with van der Waals surface area (Å²) in [5, 5.41) is 4.55. The van der Waals surface area contributed by atoms with Gasteiger partial charge < -0.3 is 14.8 Å². The van der Waals surface area contributed by atoms with E-state index in [-0.39, 0.29) is 6.61 Å². The van der Waals surface area contributed by atoms with Crippen molar-refractivity contribution in [2.24, 2.45) is 0 Å². The highest BCUT2D eigenvalue weighted by Crippen LogP contribution is 2.38. The highest BCUT2D eigenvalue weighted by atomic mass is 79.9. The fourth-order valence-corrected chi connectivity index (χ4v) is 4.09. The number of rotatable bonds is 8. The normalized spacial score (nSPS) is 10.7.